The Bertz CT molecular complexity index is 573. The van der Waals surface area contributed by atoms with Gasteiger partial charge >= 0.3 is 0 Å². The SMILES string of the molecule is O=C(C1CCN(c2ncccc2Br)CC1)N1CC2CCCC2C1. The molecule has 2 aliphatic heterocycles. The average molecular weight is 378 g/mol. The van der Waals surface area contributed by atoms with E-state index in [1.807, 2.05) is 18.3 Å². The van der Waals surface area contributed by atoms with Crippen LogP contribution < -0.4 is 4.90 Å². The van der Waals surface area contributed by atoms with Gasteiger partial charge in [0, 0.05) is 38.3 Å². The van der Waals surface area contributed by atoms with Gasteiger partial charge in [0.1, 0.15) is 5.82 Å². The summed E-state index contributed by atoms with van der Waals surface area (Å²) in [6.07, 6.45) is 7.78. The number of carbonyl (C=O) groups is 1. The number of piperidine rings is 1. The van der Waals surface area contributed by atoms with Crippen molar-refractivity contribution in [1.29, 1.82) is 0 Å². The Balaban J connectivity index is 1.35. The van der Waals surface area contributed by atoms with Crippen LogP contribution in [0.5, 0.6) is 0 Å². The number of aromatic nitrogens is 1. The fourth-order valence-corrected chi connectivity index (χ4v) is 5.13. The van der Waals surface area contributed by atoms with Crippen molar-refractivity contribution in [2.45, 2.75) is 32.1 Å². The van der Waals surface area contributed by atoms with Gasteiger partial charge in [0.2, 0.25) is 5.91 Å². The molecule has 3 heterocycles. The van der Waals surface area contributed by atoms with Crippen LogP contribution in [0.15, 0.2) is 22.8 Å². The molecule has 3 fully saturated rings. The fraction of sp³-hybridized carbons (Fsp3) is 0.667. The summed E-state index contributed by atoms with van der Waals surface area (Å²) in [6, 6.07) is 3.97. The summed E-state index contributed by atoms with van der Waals surface area (Å²) in [5.74, 6) is 3.23. The average Bonchev–Trinajstić information content (AvgIpc) is 3.16. The largest absolute Gasteiger partial charge is 0.356 e. The highest BCUT2D eigenvalue weighted by Crippen LogP contribution is 2.39. The molecule has 1 saturated carbocycles. The molecule has 23 heavy (non-hydrogen) atoms. The zero-order valence-corrected chi connectivity index (χ0v) is 15.0. The normalized spacial score (nSPS) is 28.2. The van der Waals surface area contributed by atoms with Crippen LogP contribution in [0.2, 0.25) is 0 Å². The molecule has 4 rings (SSSR count). The van der Waals surface area contributed by atoms with Crippen LogP contribution in [-0.4, -0.2) is 42.0 Å². The zero-order chi connectivity index (χ0) is 15.8. The van der Waals surface area contributed by atoms with E-state index < -0.39 is 0 Å². The number of hydrogen-bond donors (Lipinski definition) is 0. The number of carbonyl (C=O) groups excluding carboxylic acids is 1. The Morgan fingerprint density at radius 3 is 2.48 bits per heavy atom. The van der Waals surface area contributed by atoms with Crippen molar-refractivity contribution in [2.24, 2.45) is 17.8 Å². The lowest BCUT2D eigenvalue weighted by molar-refractivity contribution is -0.135. The van der Waals surface area contributed by atoms with E-state index >= 15 is 0 Å². The monoisotopic (exact) mass is 377 g/mol. The molecular formula is C18H24BrN3O. The lowest BCUT2D eigenvalue weighted by Crippen LogP contribution is -2.42. The number of anilines is 1. The van der Waals surface area contributed by atoms with Crippen LogP contribution in [0.1, 0.15) is 32.1 Å². The van der Waals surface area contributed by atoms with Gasteiger partial charge in [-0.15, -0.1) is 0 Å². The van der Waals surface area contributed by atoms with Crippen molar-refractivity contribution in [3.63, 3.8) is 0 Å². The van der Waals surface area contributed by atoms with Crippen molar-refractivity contribution >= 4 is 27.7 Å². The highest BCUT2D eigenvalue weighted by atomic mass is 79.9. The second-order valence-electron chi connectivity index (χ2n) is 7.26. The van der Waals surface area contributed by atoms with Crippen molar-refractivity contribution in [1.82, 2.24) is 9.88 Å². The Labute approximate surface area is 146 Å². The standard InChI is InChI=1S/C18H24BrN3O/c19-16-5-2-8-20-17(16)21-9-6-13(7-10-21)18(23)22-11-14-3-1-4-15(14)12-22/h2,5,8,13-15H,1,3-4,6-7,9-12H2. The third-order valence-electron chi connectivity index (χ3n) is 5.92. The summed E-state index contributed by atoms with van der Waals surface area (Å²) in [5.41, 5.74) is 0. The first-order chi connectivity index (χ1) is 11.2. The van der Waals surface area contributed by atoms with E-state index in [0.29, 0.717) is 5.91 Å². The second kappa shape index (κ2) is 6.42. The summed E-state index contributed by atoms with van der Waals surface area (Å²) in [4.78, 5) is 21.8. The van der Waals surface area contributed by atoms with E-state index in [1.54, 1.807) is 0 Å². The fourth-order valence-electron chi connectivity index (χ4n) is 4.62. The van der Waals surface area contributed by atoms with Gasteiger partial charge in [0.25, 0.3) is 0 Å². The number of amides is 1. The quantitative estimate of drug-likeness (QED) is 0.792. The van der Waals surface area contributed by atoms with Crippen molar-refractivity contribution in [2.75, 3.05) is 31.1 Å². The van der Waals surface area contributed by atoms with E-state index in [0.717, 1.165) is 61.1 Å². The highest BCUT2D eigenvalue weighted by Gasteiger charge is 2.40. The molecule has 0 bridgehead atoms. The molecule has 0 N–H and O–H groups in total. The van der Waals surface area contributed by atoms with Crippen LogP contribution in [0.4, 0.5) is 5.82 Å². The van der Waals surface area contributed by atoms with Crippen molar-refractivity contribution in [3.8, 4) is 0 Å². The van der Waals surface area contributed by atoms with Gasteiger partial charge in [0.15, 0.2) is 0 Å². The maximum atomic E-state index is 12.8. The first-order valence-electron chi connectivity index (χ1n) is 8.86. The summed E-state index contributed by atoms with van der Waals surface area (Å²) in [7, 11) is 0. The van der Waals surface area contributed by atoms with Crippen molar-refractivity contribution < 1.29 is 4.79 Å². The summed E-state index contributed by atoms with van der Waals surface area (Å²) in [5, 5.41) is 0. The van der Waals surface area contributed by atoms with Gasteiger partial charge in [0.05, 0.1) is 4.47 Å². The second-order valence-corrected chi connectivity index (χ2v) is 8.12. The Kier molecular flexibility index (Phi) is 4.31. The van der Waals surface area contributed by atoms with Gasteiger partial charge in [-0.25, -0.2) is 4.98 Å². The molecule has 0 spiro atoms. The molecule has 1 aromatic heterocycles. The molecule has 0 radical (unpaired) electrons. The highest BCUT2D eigenvalue weighted by molar-refractivity contribution is 9.10. The van der Waals surface area contributed by atoms with Crippen LogP contribution in [0.3, 0.4) is 0 Å². The van der Waals surface area contributed by atoms with Crippen molar-refractivity contribution in [3.05, 3.63) is 22.8 Å². The van der Waals surface area contributed by atoms with E-state index in [1.165, 1.54) is 19.3 Å². The minimum atomic E-state index is 0.215. The van der Waals surface area contributed by atoms with E-state index in [4.69, 9.17) is 0 Å². The molecular weight excluding hydrogens is 354 g/mol. The molecule has 0 aromatic carbocycles. The van der Waals surface area contributed by atoms with Gasteiger partial charge in [-0.05, 0) is 65.6 Å². The van der Waals surface area contributed by atoms with Crippen LogP contribution in [-0.2, 0) is 4.79 Å². The molecule has 5 heteroatoms. The number of fused-ring (bicyclic) bond motifs is 1. The zero-order valence-electron chi connectivity index (χ0n) is 13.5. The molecule has 2 unspecified atom stereocenters. The lowest BCUT2D eigenvalue weighted by atomic mass is 9.95. The molecule has 2 atom stereocenters. The van der Waals surface area contributed by atoms with Gasteiger partial charge < -0.3 is 9.80 Å². The number of halogens is 1. The van der Waals surface area contributed by atoms with Gasteiger partial charge in [-0.1, -0.05) is 6.42 Å². The Morgan fingerprint density at radius 2 is 1.83 bits per heavy atom. The predicted octanol–water partition coefficient (Wildman–Crippen LogP) is 3.32. The lowest BCUT2D eigenvalue weighted by Gasteiger charge is -2.34. The van der Waals surface area contributed by atoms with E-state index in [2.05, 4.69) is 30.7 Å². The topological polar surface area (TPSA) is 36.4 Å². The smallest absolute Gasteiger partial charge is 0.225 e. The first-order valence-corrected chi connectivity index (χ1v) is 9.66. The van der Waals surface area contributed by atoms with E-state index in [9.17, 15) is 4.79 Å². The molecule has 124 valence electrons. The van der Waals surface area contributed by atoms with E-state index in [-0.39, 0.29) is 5.92 Å². The predicted molar refractivity (Wildman–Crippen MR) is 94.3 cm³/mol. The van der Waals surface area contributed by atoms with Crippen LogP contribution in [0.25, 0.3) is 0 Å². The number of likely N-dealkylation sites (tertiary alicyclic amines) is 1. The minimum absolute atomic E-state index is 0.215. The third-order valence-corrected chi connectivity index (χ3v) is 6.54. The maximum absolute atomic E-state index is 12.8. The van der Waals surface area contributed by atoms with Gasteiger partial charge in [-0.2, -0.15) is 0 Å². The summed E-state index contributed by atoms with van der Waals surface area (Å²) in [6.45, 7) is 3.89. The van der Waals surface area contributed by atoms with Crippen LogP contribution in [0, 0.1) is 17.8 Å². The van der Waals surface area contributed by atoms with Crippen LogP contribution >= 0.6 is 15.9 Å². The molecule has 2 saturated heterocycles. The molecule has 1 amide bonds. The minimum Gasteiger partial charge on any atom is -0.356 e. The molecule has 1 aliphatic carbocycles. The third kappa shape index (κ3) is 3.00. The molecule has 4 nitrogen and oxygen atoms in total. The Morgan fingerprint density at radius 1 is 1.13 bits per heavy atom. The number of hydrogen-bond acceptors (Lipinski definition) is 3. The maximum Gasteiger partial charge on any atom is 0.225 e. The Hall–Kier alpha value is -1.10. The summed E-state index contributed by atoms with van der Waals surface area (Å²) < 4.78 is 1.04. The first kappa shape index (κ1) is 15.4. The number of rotatable bonds is 2. The molecule has 1 aromatic rings. The number of nitrogens with zero attached hydrogens (tertiary/aromatic N) is 3. The van der Waals surface area contributed by atoms with Gasteiger partial charge in [-0.3, -0.25) is 4.79 Å². The number of pyridine rings is 1. The molecule has 3 aliphatic rings. The summed E-state index contributed by atoms with van der Waals surface area (Å²) >= 11 is 3.58.